The quantitative estimate of drug-likeness (QED) is 0.320. The van der Waals surface area contributed by atoms with Crippen molar-refractivity contribution in [1.29, 1.82) is 0 Å². The minimum absolute atomic E-state index is 0.0484. The van der Waals surface area contributed by atoms with Crippen molar-refractivity contribution in [2.75, 3.05) is 7.11 Å². The highest BCUT2D eigenvalue weighted by molar-refractivity contribution is 4.51. The molecule has 0 heterocycles. The number of hydrogen-bond donors (Lipinski definition) is 1. The molecule has 2 nitrogen and oxygen atoms in total. The highest BCUT2D eigenvalue weighted by Crippen LogP contribution is 2.13. The normalized spacial score (nSPS) is 12.8. The second-order valence-electron chi connectivity index (χ2n) is 5.81. The molecule has 116 valence electrons. The molecule has 0 saturated carbocycles. The summed E-state index contributed by atoms with van der Waals surface area (Å²) in [5.41, 5.74) is 5.69. The van der Waals surface area contributed by atoms with Gasteiger partial charge in [0.15, 0.2) is 0 Å². The van der Waals surface area contributed by atoms with Crippen LogP contribution in [0.5, 0.6) is 0 Å². The van der Waals surface area contributed by atoms with E-state index in [1.165, 1.54) is 83.5 Å². The highest BCUT2D eigenvalue weighted by atomic mass is 16.5. The minimum Gasteiger partial charge on any atom is -0.367 e. The van der Waals surface area contributed by atoms with E-state index in [0.29, 0.717) is 0 Å². The molecule has 1 atom stereocenters. The first-order chi connectivity index (χ1) is 9.31. The smallest absolute Gasteiger partial charge is 0.105 e. The van der Waals surface area contributed by atoms with Gasteiger partial charge in [0.05, 0.1) is 0 Å². The molecule has 0 aliphatic heterocycles. The molecular weight excluding hydrogens is 234 g/mol. The number of methoxy groups -OCH3 is 1. The summed E-state index contributed by atoms with van der Waals surface area (Å²) in [6, 6.07) is 0. The Bertz CT molecular complexity index is 161. The first-order valence-corrected chi connectivity index (χ1v) is 8.59. The maximum absolute atomic E-state index is 5.69. The Morgan fingerprint density at radius 2 is 1.05 bits per heavy atom. The standard InChI is InChI=1S/C17H37NO/c1-3-4-5-6-7-8-9-10-11-12-13-14-15-16-17(18)19-2/h17H,3-16,18H2,1-2H3. The maximum atomic E-state index is 5.69. The van der Waals surface area contributed by atoms with Crippen LogP contribution >= 0.6 is 0 Å². The summed E-state index contributed by atoms with van der Waals surface area (Å²) >= 11 is 0. The van der Waals surface area contributed by atoms with Gasteiger partial charge in [0.2, 0.25) is 0 Å². The van der Waals surface area contributed by atoms with Crippen LogP contribution in [0.3, 0.4) is 0 Å². The largest absolute Gasteiger partial charge is 0.367 e. The van der Waals surface area contributed by atoms with Gasteiger partial charge >= 0.3 is 0 Å². The van der Waals surface area contributed by atoms with Crippen molar-refractivity contribution in [1.82, 2.24) is 0 Å². The topological polar surface area (TPSA) is 35.2 Å². The van der Waals surface area contributed by atoms with E-state index in [1.807, 2.05) is 0 Å². The van der Waals surface area contributed by atoms with Crippen LogP contribution < -0.4 is 5.73 Å². The van der Waals surface area contributed by atoms with Crippen molar-refractivity contribution < 1.29 is 4.74 Å². The van der Waals surface area contributed by atoms with E-state index in [1.54, 1.807) is 7.11 Å². The minimum atomic E-state index is -0.0484. The monoisotopic (exact) mass is 271 g/mol. The summed E-state index contributed by atoms with van der Waals surface area (Å²) in [6.07, 6.45) is 19.1. The number of ether oxygens (including phenoxy) is 1. The van der Waals surface area contributed by atoms with Gasteiger partial charge in [0.25, 0.3) is 0 Å². The zero-order valence-electron chi connectivity index (χ0n) is 13.5. The summed E-state index contributed by atoms with van der Waals surface area (Å²) in [6.45, 7) is 2.28. The van der Waals surface area contributed by atoms with Crippen LogP contribution in [-0.4, -0.2) is 13.3 Å². The Balaban J connectivity index is 2.95. The van der Waals surface area contributed by atoms with Gasteiger partial charge in [-0.1, -0.05) is 84.0 Å². The van der Waals surface area contributed by atoms with Crippen molar-refractivity contribution in [3.8, 4) is 0 Å². The molecule has 0 aromatic heterocycles. The molecule has 0 aliphatic carbocycles. The molecular formula is C17H37NO. The van der Waals surface area contributed by atoms with Gasteiger partial charge in [-0.3, -0.25) is 0 Å². The third kappa shape index (κ3) is 15.9. The summed E-state index contributed by atoms with van der Waals surface area (Å²) < 4.78 is 5.03. The van der Waals surface area contributed by atoms with Crippen molar-refractivity contribution >= 4 is 0 Å². The molecule has 0 amide bonds. The van der Waals surface area contributed by atoms with Crippen molar-refractivity contribution in [2.45, 2.75) is 103 Å². The van der Waals surface area contributed by atoms with Crippen LogP contribution in [0.1, 0.15) is 96.8 Å². The Labute approximate surface area is 121 Å². The molecule has 2 N–H and O–H groups in total. The number of nitrogens with two attached hydrogens (primary N) is 1. The summed E-state index contributed by atoms with van der Waals surface area (Å²) in [7, 11) is 1.69. The molecule has 1 unspecified atom stereocenters. The number of rotatable bonds is 15. The number of unbranched alkanes of at least 4 members (excludes halogenated alkanes) is 12. The first kappa shape index (κ1) is 18.9. The second-order valence-corrected chi connectivity index (χ2v) is 5.81. The molecule has 0 saturated heterocycles. The predicted octanol–water partition coefficient (Wildman–Crippen LogP) is 5.40. The fourth-order valence-corrected chi connectivity index (χ4v) is 2.48. The van der Waals surface area contributed by atoms with Crippen LogP contribution in [0.15, 0.2) is 0 Å². The van der Waals surface area contributed by atoms with Gasteiger partial charge in [-0.25, -0.2) is 0 Å². The van der Waals surface area contributed by atoms with E-state index in [9.17, 15) is 0 Å². The SMILES string of the molecule is CCCCCCCCCCCCCCCC(N)OC. The van der Waals surface area contributed by atoms with Crippen LogP contribution in [0.25, 0.3) is 0 Å². The van der Waals surface area contributed by atoms with E-state index in [0.717, 1.165) is 6.42 Å². The van der Waals surface area contributed by atoms with Crippen molar-refractivity contribution in [3.05, 3.63) is 0 Å². The molecule has 0 bridgehead atoms. The molecule has 0 rings (SSSR count). The van der Waals surface area contributed by atoms with E-state index in [-0.39, 0.29) is 6.23 Å². The summed E-state index contributed by atoms with van der Waals surface area (Å²) in [4.78, 5) is 0. The summed E-state index contributed by atoms with van der Waals surface area (Å²) in [5.74, 6) is 0. The fraction of sp³-hybridized carbons (Fsp3) is 1.00. The van der Waals surface area contributed by atoms with E-state index >= 15 is 0 Å². The number of hydrogen-bond acceptors (Lipinski definition) is 2. The lowest BCUT2D eigenvalue weighted by Crippen LogP contribution is -2.21. The Hall–Kier alpha value is -0.0800. The molecule has 2 heteroatoms. The zero-order chi connectivity index (χ0) is 14.2. The third-order valence-corrected chi connectivity index (χ3v) is 3.89. The lowest BCUT2D eigenvalue weighted by atomic mass is 10.0. The molecule has 0 fully saturated rings. The van der Waals surface area contributed by atoms with Gasteiger partial charge in [-0.2, -0.15) is 0 Å². The van der Waals surface area contributed by atoms with Gasteiger partial charge < -0.3 is 10.5 Å². The lowest BCUT2D eigenvalue weighted by molar-refractivity contribution is 0.0983. The summed E-state index contributed by atoms with van der Waals surface area (Å²) in [5, 5.41) is 0. The molecule has 0 radical (unpaired) electrons. The highest BCUT2D eigenvalue weighted by Gasteiger charge is 1.98. The Morgan fingerprint density at radius 1 is 0.684 bits per heavy atom. The van der Waals surface area contributed by atoms with Gasteiger partial charge in [-0.05, 0) is 12.8 Å². The van der Waals surface area contributed by atoms with Gasteiger partial charge in [0, 0.05) is 7.11 Å². The average Bonchev–Trinajstić information content (AvgIpc) is 2.43. The van der Waals surface area contributed by atoms with Gasteiger partial charge in [-0.15, -0.1) is 0 Å². The molecule has 0 aliphatic rings. The van der Waals surface area contributed by atoms with Gasteiger partial charge in [0.1, 0.15) is 6.23 Å². The average molecular weight is 271 g/mol. The maximum Gasteiger partial charge on any atom is 0.105 e. The van der Waals surface area contributed by atoms with Crippen molar-refractivity contribution in [3.63, 3.8) is 0 Å². The van der Waals surface area contributed by atoms with Crippen LogP contribution in [0.2, 0.25) is 0 Å². The fourth-order valence-electron chi connectivity index (χ4n) is 2.48. The first-order valence-electron chi connectivity index (χ1n) is 8.59. The third-order valence-electron chi connectivity index (χ3n) is 3.89. The van der Waals surface area contributed by atoms with Crippen molar-refractivity contribution in [2.24, 2.45) is 5.73 Å². The lowest BCUT2D eigenvalue weighted by Gasteiger charge is -2.08. The predicted molar refractivity (Wildman–Crippen MR) is 85.3 cm³/mol. The zero-order valence-corrected chi connectivity index (χ0v) is 13.5. The Kier molecular flexibility index (Phi) is 15.9. The van der Waals surface area contributed by atoms with E-state index in [2.05, 4.69) is 6.92 Å². The van der Waals surface area contributed by atoms with Crippen LogP contribution in [0, 0.1) is 0 Å². The van der Waals surface area contributed by atoms with E-state index in [4.69, 9.17) is 10.5 Å². The molecule has 0 aromatic rings. The van der Waals surface area contributed by atoms with Crippen LogP contribution in [-0.2, 0) is 4.74 Å². The molecule has 19 heavy (non-hydrogen) atoms. The van der Waals surface area contributed by atoms with E-state index < -0.39 is 0 Å². The second kappa shape index (κ2) is 16.0. The molecule has 0 aromatic carbocycles. The molecule has 0 spiro atoms. The van der Waals surface area contributed by atoms with Crippen LogP contribution in [0.4, 0.5) is 0 Å². The Morgan fingerprint density at radius 3 is 1.42 bits per heavy atom.